The second-order valence-corrected chi connectivity index (χ2v) is 8.96. The zero-order valence-corrected chi connectivity index (χ0v) is 16.9. The Hall–Kier alpha value is -1.59. The van der Waals surface area contributed by atoms with E-state index < -0.39 is 0 Å². The molecule has 0 radical (unpaired) electrons. The van der Waals surface area contributed by atoms with E-state index in [9.17, 15) is 4.79 Å². The Morgan fingerprint density at radius 2 is 1.75 bits per heavy atom. The summed E-state index contributed by atoms with van der Waals surface area (Å²) in [4.78, 5) is 15.1. The Labute approximate surface area is 169 Å². The number of nitrogens with zero attached hydrogens (tertiary/aromatic N) is 1. The molecule has 3 N–H and O–H groups in total. The fourth-order valence-electron chi connectivity index (χ4n) is 5.34. The van der Waals surface area contributed by atoms with Crippen LogP contribution < -0.4 is 15.8 Å². The molecule has 28 heavy (non-hydrogen) atoms. The zero-order chi connectivity index (χ0) is 19.3. The number of benzene rings is 1. The molecule has 1 heterocycles. The van der Waals surface area contributed by atoms with Gasteiger partial charge in [-0.1, -0.05) is 18.6 Å². The minimum absolute atomic E-state index is 0.142. The molecular weight excluding hydrogens is 350 g/mol. The van der Waals surface area contributed by atoms with Crippen molar-refractivity contribution >= 4 is 5.91 Å². The molecule has 0 aromatic heterocycles. The van der Waals surface area contributed by atoms with Crippen LogP contribution in [0, 0.1) is 17.8 Å². The van der Waals surface area contributed by atoms with Gasteiger partial charge in [-0.15, -0.1) is 0 Å². The maximum Gasteiger partial charge on any atom is 0.223 e. The Morgan fingerprint density at radius 3 is 2.43 bits per heavy atom. The van der Waals surface area contributed by atoms with Crippen molar-refractivity contribution in [2.24, 2.45) is 23.5 Å². The molecule has 5 heteroatoms. The Balaban J connectivity index is 1.19. The van der Waals surface area contributed by atoms with Gasteiger partial charge >= 0.3 is 0 Å². The molecule has 5 nitrogen and oxygen atoms in total. The number of hydrogen-bond acceptors (Lipinski definition) is 4. The first-order valence-corrected chi connectivity index (χ1v) is 11.2. The number of carbonyl (C=O) groups excluding carboxylic acids is 1. The lowest BCUT2D eigenvalue weighted by Gasteiger charge is -2.43. The van der Waals surface area contributed by atoms with E-state index in [4.69, 9.17) is 10.5 Å². The number of fused-ring (bicyclic) bond motifs is 2. The Morgan fingerprint density at radius 1 is 1.07 bits per heavy atom. The summed E-state index contributed by atoms with van der Waals surface area (Å²) < 4.78 is 5.86. The molecule has 3 fully saturated rings. The highest BCUT2D eigenvalue weighted by Crippen LogP contribution is 2.41. The van der Waals surface area contributed by atoms with Crippen LogP contribution in [0.5, 0.6) is 5.75 Å². The molecule has 1 amide bonds. The normalized spacial score (nSPS) is 30.2. The van der Waals surface area contributed by atoms with Gasteiger partial charge < -0.3 is 15.8 Å². The largest absolute Gasteiger partial charge is 0.492 e. The lowest BCUT2D eigenvalue weighted by Crippen LogP contribution is -2.49. The number of likely N-dealkylation sites (tertiary alicyclic amines) is 1. The molecule has 2 saturated carbocycles. The molecule has 154 valence electrons. The van der Waals surface area contributed by atoms with Crippen LogP contribution in [-0.4, -0.2) is 43.1 Å². The highest BCUT2D eigenvalue weighted by atomic mass is 16.5. The molecule has 3 aliphatic rings. The van der Waals surface area contributed by atoms with E-state index in [0.717, 1.165) is 37.3 Å². The topological polar surface area (TPSA) is 67.6 Å². The lowest BCUT2D eigenvalue weighted by atomic mass is 9.65. The fraction of sp³-hybridized carbons (Fsp3) is 0.696. The van der Waals surface area contributed by atoms with Crippen molar-refractivity contribution < 1.29 is 9.53 Å². The molecule has 2 unspecified atom stereocenters. The summed E-state index contributed by atoms with van der Waals surface area (Å²) >= 11 is 0. The highest BCUT2D eigenvalue weighted by molar-refractivity contribution is 5.78. The lowest BCUT2D eigenvalue weighted by molar-refractivity contribution is -0.128. The first-order valence-electron chi connectivity index (χ1n) is 11.2. The standard InChI is InChI=1S/C23H35N3O2/c24-22-18-4-3-5-19(22)15-20(14-18)23(27)25-16-17-6-8-21(9-7-17)28-13-12-26-10-1-2-11-26/h6-9,18-20,22H,1-5,10-16,24H2,(H,25,27). The second-order valence-electron chi connectivity index (χ2n) is 8.96. The summed E-state index contributed by atoms with van der Waals surface area (Å²) in [5, 5.41) is 3.15. The number of nitrogens with one attached hydrogen (secondary N) is 1. The van der Waals surface area contributed by atoms with Gasteiger partial charge in [0.1, 0.15) is 12.4 Å². The van der Waals surface area contributed by atoms with Crippen molar-refractivity contribution in [2.45, 2.75) is 57.5 Å². The van der Waals surface area contributed by atoms with Crippen molar-refractivity contribution in [2.75, 3.05) is 26.2 Å². The SMILES string of the molecule is NC1C2CCCC1CC(C(=O)NCc1ccc(OCCN3CCCC3)cc1)C2. The fourth-order valence-corrected chi connectivity index (χ4v) is 5.34. The second kappa shape index (κ2) is 9.27. The predicted molar refractivity (Wildman–Crippen MR) is 111 cm³/mol. The minimum Gasteiger partial charge on any atom is -0.492 e. The van der Waals surface area contributed by atoms with Gasteiger partial charge in [0.2, 0.25) is 5.91 Å². The molecule has 2 atom stereocenters. The van der Waals surface area contributed by atoms with E-state index in [1.807, 2.05) is 12.1 Å². The highest BCUT2D eigenvalue weighted by Gasteiger charge is 2.40. The molecular formula is C23H35N3O2. The third-order valence-corrected chi connectivity index (χ3v) is 7.05. The number of amides is 1. The minimum atomic E-state index is 0.142. The summed E-state index contributed by atoms with van der Waals surface area (Å²) in [7, 11) is 0. The number of carbonyl (C=O) groups is 1. The van der Waals surface area contributed by atoms with Crippen LogP contribution in [0.2, 0.25) is 0 Å². The van der Waals surface area contributed by atoms with E-state index in [2.05, 4.69) is 22.3 Å². The summed E-state index contributed by atoms with van der Waals surface area (Å²) in [6, 6.07) is 8.44. The first-order chi connectivity index (χ1) is 13.7. The van der Waals surface area contributed by atoms with Crippen molar-refractivity contribution in [3.05, 3.63) is 29.8 Å². The number of hydrogen-bond donors (Lipinski definition) is 2. The third kappa shape index (κ3) is 4.87. The van der Waals surface area contributed by atoms with Gasteiger partial charge in [-0.3, -0.25) is 9.69 Å². The number of rotatable bonds is 7. The van der Waals surface area contributed by atoms with Crippen molar-refractivity contribution in [3.8, 4) is 5.75 Å². The quantitative estimate of drug-likeness (QED) is 0.757. The van der Waals surface area contributed by atoms with Crippen LogP contribution in [0.15, 0.2) is 24.3 Å². The summed E-state index contributed by atoms with van der Waals surface area (Å²) in [6.45, 7) is 4.74. The van der Waals surface area contributed by atoms with E-state index in [-0.39, 0.29) is 11.8 Å². The van der Waals surface area contributed by atoms with Crippen LogP contribution in [0.25, 0.3) is 0 Å². The molecule has 2 bridgehead atoms. The number of ether oxygens (including phenoxy) is 1. The van der Waals surface area contributed by atoms with Gasteiger partial charge in [-0.25, -0.2) is 0 Å². The smallest absolute Gasteiger partial charge is 0.223 e. The van der Waals surface area contributed by atoms with Crippen LogP contribution in [0.1, 0.15) is 50.5 Å². The van der Waals surface area contributed by atoms with E-state index >= 15 is 0 Å². The number of nitrogens with two attached hydrogens (primary N) is 1. The van der Waals surface area contributed by atoms with Crippen molar-refractivity contribution in [3.63, 3.8) is 0 Å². The molecule has 1 aromatic carbocycles. The van der Waals surface area contributed by atoms with Crippen LogP contribution >= 0.6 is 0 Å². The molecule has 2 aliphatic carbocycles. The average Bonchev–Trinajstić information content (AvgIpc) is 3.20. The third-order valence-electron chi connectivity index (χ3n) is 7.05. The maximum absolute atomic E-state index is 12.7. The predicted octanol–water partition coefficient (Wildman–Crippen LogP) is 2.93. The van der Waals surface area contributed by atoms with Gasteiger partial charge in [0.05, 0.1) is 0 Å². The molecule has 1 saturated heterocycles. The van der Waals surface area contributed by atoms with Gasteiger partial charge in [0, 0.05) is 25.0 Å². The van der Waals surface area contributed by atoms with Gasteiger partial charge in [-0.05, 0) is 81.1 Å². The maximum atomic E-state index is 12.7. The van der Waals surface area contributed by atoms with Gasteiger partial charge in [-0.2, -0.15) is 0 Å². The van der Waals surface area contributed by atoms with Crippen LogP contribution in [0.3, 0.4) is 0 Å². The molecule has 0 spiro atoms. The monoisotopic (exact) mass is 385 g/mol. The van der Waals surface area contributed by atoms with E-state index in [0.29, 0.717) is 24.4 Å². The van der Waals surface area contributed by atoms with Crippen molar-refractivity contribution in [1.29, 1.82) is 0 Å². The molecule has 1 aliphatic heterocycles. The average molecular weight is 386 g/mol. The van der Waals surface area contributed by atoms with Gasteiger partial charge in [0.25, 0.3) is 0 Å². The van der Waals surface area contributed by atoms with Crippen LogP contribution in [-0.2, 0) is 11.3 Å². The first kappa shape index (κ1) is 19.7. The Kier molecular flexibility index (Phi) is 6.53. The molecule has 4 rings (SSSR count). The van der Waals surface area contributed by atoms with E-state index in [1.54, 1.807) is 0 Å². The summed E-state index contributed by atoms with van der Waals surface area (Å²) in [5.74, 6) is 2.34. The Bertz CT molecular complexity index is 628. The molecule has 1 aromatic rings. The summed E-state index contributed by atoms with van der Waals surface area (Å²) in [5.41, 5.74) is 7.47. The van der Waals surface area contributed by atoms with Crippen LogP contribution in [0.4, 0.5) is 0 Å². The van der Waals surface area contributed by atoms with E-state index in [1.165, 1.54) is 45.2 Å². The summed E-state index contributed by atoms with van der Waals surface area (Å²) in [6.07, 6.45) is 8.23. The van der Waals surface area contributed by atoms with Crippen molar-refractivity contribution in [1.82, 2.24) is 10.2 Å². The zero-order valence-electron chi connectivity index (χ0n) is 16.9. The van der Waals surface area contributed by atoms with Gasteiger partial charge in [0.15, 0.2) is 0 Å².